The molecule has 9 nitrogen and oxygen atoms in total. The first-order chi connectivity index (χ1) is 12.6. The number of ether oxygens (including phenoxy) is 1. The number of morpholine rings is 1. The molecule has 1 N–H and O–H groups in total. The van der Waals surface area contributed by atoms with Crippen LogP contribution in [0.1, 0.15) is 16.1 Å². The SMILES string of the molecule is Cc1csc2ncc(C(=O)NC[C@@H]3CN(c4nncs4)CCO3)c(=O)n12. The highest BCUT2D eigenvalue weighted by atomic mass is 32.1. The lowest BCUT2D eigenvalue weighted by molar-refractivity contribution is 0.0396. The van der Waals surface area contributed by atoms with Gasteiger partial charge in [0.1, 0.15) is 11.1 Å². The highest BCUT2D eigenvalue weighted by molar-refractivity contribution is 7.15. The number of aryl methyl sites for hydroxylation is 1. The van der Waals surface area contributed by atoms with Gasteiger partial charge in [-0.2, -0.15) is 0 Å². The van der Waals surface area contributed by atoms with Crippen molar-refractivity contribution in [3.05, 3.63) is 38.7 Å². The van der Waals surface area contributed by atoms with Crippen molar-refractivity contribution in [2.45, 2.75) is 13.0 Å². The molecule has 11 heteroatoms. The van der Waals surface area contributed by atoms with Crippen LogP contribution in [-0.2, 0) is 4.74 Å². The smallest absolute Gasteiger partial charge is 0.271 e. The van der Waals surface area contributed by atoms with E-state index in [0.717, 1.165) is 17.4 Å². The van der Waals surface area contributed by atoms with E-state index in [2.05, 4.69) is 25.4 Å². The van der Waals surface area contributed by atoms with Gasteiger partial charge in [0.25, 0.3) is 11.5 Å². The van der Waals surface area contributed by atoms with E-state index in [1.807, 2.05) is 12.3 Å². The molecule has 4 rings (SSSR count). The number of aromatic nitrogens is 4. The molecule has 136 valence electrons. The summed E-state index contributed by atoms with van der Waals surface area (Å²) in [5.41, 5.74) is 2.12. The van der Waals surface area contributed by atoms with E-state index >= 15 is 0 Å². The number of anilines is 1. The zero-order valence-electron chi connectivity index (χ0n) is 13.9. The number of thiazole rings is 1. The van der Waals surface area contributed by atoms with Gasteiger partial charge >= 0.3 is 0 Å². The average molecular weight is 392 g/mol. The zero-order chi connectivity index (χ0) is 18.1. The van der Waals surface area contributed by atoms with E-state index in [0.29, 0.717) is 24.7 Å². The van der Waals surface area contributed by atoms with Crippen LogP contribution in [0.3, 0.4) is 0 Å². The number of fused-ring (bicyclic) bond motifs is 1. The fourth-order valence-electron chi connectivity index (χ4n) is 2.80. The minimum absolute atomic E-state index is 0.0285. The summed E-state index contributed by atoms with van der Waals surface area (Å²) in [5, 5.41) is 13.4. The number of amides is 1. The van der Waals surface area contributed by atoms with Crippen molar-refractivity contribution in [3.63, 3.8) is 0 Å². The third kappa shape index (κ3) is 3.20. The second kappa shape index (κ2) is 7.09. The van der Waals surface area contributed by atoms with Gasteiger partial charge in [-0.1, -0.05) is 11.3 Å². The summed E-state index contributed by atoms with van der Waals surface area (Å²) >= 11 is 2.84. The molecular formula is C15H16N6O3S2. The molecule has 0 unspecified atom stereocenters. The number of carbonyl (C=O) groups excluding carboxylic acids is 1. The predicted octanol–water partition coefficient (Wildman–Crippen LogP) is 0.551. The minimum Gasteiger partial charge on any atom is -0.373 e. The molecule has 0 bridgehead atoms. The van der Waals surface area contributed by atoms with Crippen molar-refractivity contribution in [3.8, 4) is 0 Å². The van der Waals surface area contributed by atoms with Gasteiger partial charge in [0.2, 0.25) is 5.13 Å². The van der Waals surface area contributed by atoms with Gasteiger partial charge in [0.15, 0.2) is 4.96 Å². The van der Waals surface area contributed by atoms with Crippen LogP contribution in [0, 0.1) is 6.92 Å². The maximum absolute atomic E-state index is 12.5. The van der Waals surface area contributed by atoms with Gasteiger partial charge in [0.05, 0.1) is 12.7 Å². The highest BCUT2D eigenvalue weighted by Gasteiger charge is 2.24. The molecule has 4 heterocycles. The third-order valence-electron chi connectivity index (χ3n) is 4.11. The van der Waals surface area contributed by atoms with E-state index in [-0.39, 0.29) is 17.2 Å². The molecule has 0 radical (unpaired) electrons. The number of nitrogens with zero attached hydrogens (tertiary/aromatic N) is 5. The van der Waals surface area contributed by atoms with E-state index in [1.165, 1.54) is 33.3 Å². The highest BCUT2D eigenvalue weighted by Crippen LogP contribution is 2.18. The Kier molecular flexibility index (Phi) is 4.66. The second-order valence-corrected chi connectivity index (χ2v) is 7.49. The van der Waals surface area contributed by atoms with Gasteiger partial charge in [0, 0.05) is 36.9 Å². The molecule has 1 amide bonds. The van der Waals surface area contributed by atoms with Gasteiger partial charge < -0.3 is 15.0 Å². The molecule has 0 aliphatic carbocycles. The van der Waals surface area contributed by atoms with E-state index < -0.39 is 5.91 Å². The Hall–Kier alpha value is -2.37. The Labute approximate surface area is 156 Å². The topological polar surface area (TPSA) is 102 Å². The van der Waals surface area contributed by atoms with Crippen LogP contribution in [0.5, 0.6) is 0 Å². The molecule has 1 atom stereocenters. The summed E-state index contributed by atoms with van der Waals surface area (Å²) in [5.74, 6) is -0.445. The number of hydrogen-bond donors (Lipinski definition) is 1. The average Bonchev–Trinajstić information content (AvgIpc) is 3.31. The first-order valence-electron chi connectivity index (χ1n) is 8.00. The monoisotopic (exact) mass is 392 g/mol. The Morgan fingerprint density at radius 2 is 2.35 bits per heavy atom. The van der Waals surface area contributed by atoms with Gasteiger partial charge in [-0.3, -0.25) is 14.0 Å². The maximum Gasteiger partial charge on any atom is 0.271 e. The quantitative estimate of drug-likeness (QED) is 0.692. The fraction of sp³-hybridized carbons (Fsp3) is 0.400. The van der Waals surface area contributed by atoms with Crippen molar-refractivity contribution in [1.82, 2.24) is 24.9 Å². The van der Waals surface area contributed by atoms with Crippen LogP contribution in [0.2, 0.25) is 0 Å². The first-order valence-corrected chi connectivity index (χ1v) is 9.76. The second-order valence-electron chi connectivity index (χ2n) is 5.84. The number of carbonyl (C=O) groups is 1. The van der Waals surface area contributed by atoms with Crippen LogP contribution < -0.4 is 15.8 Å². The van der Waals surface area contributed by atoms with Crippen molar-refractivity contribution in [2.75, 3.05) is 31.1 Å². The van der Waals surface area contributed by atoms with E-state index in [1.54, 1.807) is 5.51 Å². The van der Waals surface area contributed by atoms with Crippen molar-refractivity contribution in [2.24, 2.45) is 0 Å². The standard InChI is InChI=1S/C15H16N6O3S2/c1-9-7-25-14-17-5-11(13(23)21(9)14)12(22)16-4-10-6-20(2-3-24-10)15-19-18-8-26-15/h5,7-8,10H,2-4,6H2,1H3,(H,16,22)/t10-/m1/s1. The molecule has 1 aliphatic heterocycles. The number of nitrogens with one attached hydrogen (secondary N) is 1. The Morgan fingerprint density at radius 1 is 1.46 bits per heavy atom. The van der Waals surface area contributed by atoms with Gasteiger partial charge in [-0.15, -0.1) is 21.5 Å². The molecule has 1 saturated heterocycles. The summed E-state index contributed by atoms with van der Waals surface area (Å²) in [4.78, 5) is 31.8. The largest absolute Gasteiger partial charge is 0.373 e. The van der Waals surface area contributed by atoms with Crippen molar-refractivity contribution >= 4 is 38.7 Å². The minimum atomic E-state index is -0.445. The molecule has 0 saturated carbocycles. The maximum atomic E-state index is 12.5. The van der Waals surface area contributed by atoms with E-state index in [9.17, 15) is 9.59 Å². The van der Waals surface area contributed by atoms with Crippen molar-refractivity contribution < 1.29 is 9.53 Å². The lowest BCUT2D eigenvalue weighted by Gasteiger charge is -2.32. The fourth-order valence-corrected chi connectivity index (χ4v) is 4.23. The predicted molar refractivity (Wildman–Crippen MR) is 98.3 cm³/mol. The molecule has 1 aliphatic rings. The number of hydrogen-bond acceptors (Lipinski definition) is 9. The Balaban J connectivity index is 1.43. The molecule has 3 aromatic rings. The molecule has 1 fully saturated rings. The molecule has 0 spiro atoms. The lowest BCUT2D eigenvalue weighted by atomic mass is 10.2. The number of rotatable bonds is 4. The van der Waals surface area contributed by atoms with Crippen LogP contribution >= 0.6 is 22.7 Å². The molecular weight excluding hydrogens is 376 g/mol. The summed E-state index contributed by atoms with van der Waals surface area (Å²) in [6.45, 7) is 4.00. The van der Waals surface area contributed by atoms with Crippen molar-refractivity contribution in [1.29, 1.82) is 0 Å². The lowest BCUT2D eigenvalue weighted by Crippen LogP contribution is -2.48. The summed E-state index contributed by atoms with van der Waals surface area (Å²) in [7, 11) is 0. The summed E-state index contributed by atoms with van der Waals surface area (Å²) in [6, 6.07) is 0. The van der Waals surface area contributed by atoms with Crippen LogP contribution in [0.25, 0.3) is 4.96 Å². The summed E-state index contributed by atoms with van der Waals surface area (Å²) in [6.07, 6.45) is 1.15. The molecule has 3 aromatic heterocycles. The molecule has 26 heavy (non-hydrogen) atoms. The van der Waals surface area contributed by atoms with Gasteiger partial charge in [-0.25, -0.2) is 4.98 Å². The van der Waals surface area contributed by atoms with Crippen LogP contribution in [0.15, 0.2) is 21.9 Å². The van der Waals surface area contributed by atoms with Crippen LogP contribution in [-0.4, -0.2) is 57.8 Å². The van der Waals surface area contributed by atoms with Gasteiger partial charge in [-0.05, 0) is 6.92 Å². The zero-order valence-corrected chi connectivity index (χ0v) is 15.5. The summed E-state index contributed by atoms with van der Waals surface area (Å²) < 4.78 is 7.15. The molecule has 0 aromatic carbocycles. The third-order valence-corrected chi connectivity index (χ3v) is 5.82. The van der Waals surface area contributed by atoms with E-state index in [4.69, 9.17) is 4.74 Å². The Morgan fingerprint density at radius 3 is 3.15 bits per heavy atom. The van der Waals surface area contributed by atoms with Crippen LogP contribution in [0.4, 0.5) is 5.13 Å². The normalized spacial score (nSPS) is 17.6. The Bertz CT molecular complexity index is 983. The first kappa shape index (κ1) is 17.1.